The molecule has 0 aromatic heterocycles. The van der Waals surface area contributed by atoms with Crippen LogP contribution < -0.4 is 0 Å². The monoisotopic (exact) mass is 199 g/mol. The van der Waals surface area contributed by atoms with E-state index in [4.69, 9.17) is 0 Å². The van der Waals surface area contributed by atoms with Gasteiger partial charge in [0.05, 0.1) is 14.7 Å². The number of aliphatic hydroxyl groups is 1. The highest BCUT2D eigenvalue weighted by atomic mass is 28.3. The van der Waals surface area contributed by atoms with Crippen molar-refractivity contribution in [3.63, 3.8) is 0 Å². The predicted molar refractivity (Wildman–Crippen MR) is 57.4 cm³/mol. The van der Waals surface area contributed by atoms with Crippen molar-refractivity contribution in [2.75, 3.05) is 25.9 Å². The Hall–Kier alpha value is 0.137. The van der Waals surface area contributed by atoms with E-state index < -0.39 is 8.07 Å². The smallest absolute Gasteiger partial charge is 0.0599 e. The number of hydrogen-bond donors (Lipinski definition) is 1. The van der Waals surface area contributed by atoms with Crippen molar-refractivity contribution in [3.8, 4) is 0 Å². The fourth-order valence-electron chi connectivity index (χ4n) is 2.74. The first-order valence-electron chi connectivity index (χ1n) is 5.28. The average molecular weight is 199 g/mol. The molecule has 0 aromatic rings. The Labute approximate surface area is 81.9 Å². The van der Waals surface area contributed by atoms with E-state index in [1.165, 1.54) is 25.7 Å². The predicted octanol–water partition coefficient (Wildman–Crippen LogP) is 1.18. The van der Waals surface area contributed by atoms with E-state index in [1.807, 2.05) is 0 Å². The second kappa shape index (κ2) is 2.81. The lowest BCUT2D eigenvalue weighted by Gasteiger charge is -2.26. The van der Waals surface area contributed by atoms with Gasteiger partial charge in [0.25, 0.3) is 0 Å². The summed E-state index contributed by atoms with van der Waals surface area (Å²) in [5.41, 5.74) is 0.347. The van der Waals surface area contributed by atoms with E-state index in [1.54, 1.807) is 0 Å². The van der Waals surface area contributed by atoms with E-state index in [0.29, 0.717) is 12.0 Å². The number of aliphatic hydroxyl groups excluding tert-OH is 1. The molecule has 2 rings (SSSR count). The first-order chi connectivity index (χ1) is 5.95. The standard InChI is InChI=1S/C10H21NOSi/c1-13(2,3)8-11-5-9-4-10(9,6-11)7-12/h9,12H,4-8H2,1-3H3. The molecule has 2 unspecified atom stereocenters. The van der Waals surface area contributed by atoms with E-state index in [0.717, 1.165) is 5.92 Å². The summed E-state index contributed by atoms with van der Waals surface area (Å²) in [6.07, 6.45) is 2.59. The van der Waals surface area contributed by atoms with Crippen molar-refractivity contribution in [1.82, 2.24) is 4.90 Å². The molecular weight excluding hydrogens is 178 g/mol. The minimum Gasteiger partial charge on any atom is -0.396 e. The highest BCUT2D eigenvalue weighted by molar-refractivity contribution is 6.76. The quantitative estimate of drug-likeness (QED) is 0.690. The molecule has 1 saturated carbocycles. The summed E-state index contributed by atoms with van der Waals surface area (Å²) in [6.45, 7) is 10.1. The highest BCUT2D eigenvalue weighted by Crippen LogP contribution is 2.57. The Morgan fingerprint density at radius 1 is 1.46 bits per heavy atom. The first kappa shape index (κ1) is 9.68. The molecule has 1 heterocycles. The van der Waals surface area contributed by atoms with E-state index in [-0.39, 0.29) is 0 Å². The maximum Gasteiger partial charge on any atom is 0.0599 e. The van der Waals surface area contributed by atoms with Crippen LogP contribution in [0.25, 0.3) is 0 Å². The van der Waals surface area contributed by atoms with Crippen molar-refractivity contribution in [2.24, 2.45) is 11.3 Å². The van der Waals surface area contributed by atoms with Gasteiger partial charge in [-0.2, -0.15) is 0 Å². The van der Waals surface area contributed by atoms with Crippen LogP contribution in [0.15, 0.2) is 0 Å². The molecule has 13 heavy (non-hydrogen) atoms. The summed E-state index contributed by atoms with van der Waals surface area (Å²) in [4.78, 5) is 2.58. The molecule has 1 aliphatic carbocycles. The van der Waals surface area contributed by atoms with Gasteiger partial charge in [0.15, 0.2) is 0 Å². The molecular formula is C10H21NOSi. The van der Waals surface area contributed by atoms with Crippen LogP contribution in [-0.2, 0) is 0 Å². The number of rotatable bonds is 3. The summed E-state index contributed by atoms with van der Waals surface area (Å²) >= 11 is 0. The molecule has 1 saturated heterocycles. The van der Waals surface area contributed by atoms with Crippen LogP contribution in [0.5, 0.6) is 0 Å². The molecule has 3 heteroatoms. The lowest BCUT2D eigenvalue weighted by atomic mass is 10.1. The maximum atomic E-state index is 9.27. The number of nitrogens with zero attached hydrogens (tertiary/aromatic N) is 1. The van der Waals surface area contributed by atoms with Crippen molar-refractivity contribution < 1.29 is 5.11 Å². The van der Waals surface area contributed by atoms with Crippen LogP contribution in [0, 0.1) is 11.3 Å². The summed E-state index contributed by atoms with van der Waals surface area (Å²) in [5, 5.41) is 9.27. The van der Waals surface area contributed by atoms with E-state index in [2.05, 4.69) is 24.5 Å². The van der Waals surface area contributed by atoms with Crippen molar-refractivity contribution in [2.45, 2.75) is 26.1 Å². The largest absolute Gasteiger partial charge is 0.396 e. The molecule has 2 fully saturated rings. The van der Waals surface area contributed by atoms with Gasteiger partial charge in [-0.1, -0.05) is 19.6 Å². The number of fused-ring (bicyclic) bond motifs is 1. The molecule has 0 radical (unpaired) electrons. The number of likely N-dealkylation sites (tertiary alicyclic amines) is 1. The van der Waals surface area contributed by atoms with Crippen LogP contribution in [0.4, 0.5) is 0 Å². The van der Waals surface area contributed by atoms with Crippen molar-refractivity contribution in [1.29, 1.82) is 0 Å². The van der Waals surface area contributed by atoms with Crippen LogP contribution in [0.1, 0.15) is 6.42 Å². The Morgan fingerprint density at radius 2 is 2.15 bits per heavy atom. The zero-order chi connectivity index (χ0) is 9.69. The topological polar surface area (TPSA) is 23.5 Å². The third-order valence-corrected chi connectivity index (χ3v) is 4.78. The van der Waals surface area contributed by atoms with Gasteiger partial charge in [-0.25, -0.2) is 0 Å². The second-order valence-electron chi connectivity index (χ2n) is 6.15. The van der Waals surface area contributed by atoms with Gasteiger partial charge in [0.2, 0.25) is 0 Å². The fourth-order valence-corrected chi connectivity index (χ4v) is 4.32. The SMILES string of the molecule is C[Si](C)(C)CN1CC2CC2(CO)C1. The molecule has 2 atom stereocenters. The molecule has 0 spiro atoms. The molecule has 0 amide bonds. The van der Waals surface area contributed by atoms with E-state index >= 15 is 0 Å². The summed E-state index contributed by atoms with van der Waals surface area (Å²) < 4.78 is 0. The minimum atomic E-state index is -0.933. The lowest BCUT2D eigenvalue weighted by Crippen LogP contribution is -2.40. The van der Waals surface area contributed by atoms with Gasteiger partial charge < -0.3 is 10.0 Å². The zero-order valence-electron chi connectivity index (χ0n) is 9.01. The van der Waals surface area contributed by atoms with Gasteiger partial charge in [-0.15, -0.1) is 0 Å². The summed E-state index contributed by atoms with van der Waals surface area (Å²) in [6, 6.07) is 0. The molecule has 0 bridgehead atoms. The Kier molecular flexibility index (Phi) is 2.09. The Balaban J connectivity index is 1.87. The minimum absolute atomic E-state index is 0.347. The van der Waals surface area contributed by atoms with Gasteiger partial charge in [-0.3, -0.25) is 0 Å². The fraction of sp³-hybridized carbons (Fsp3) is 1.00. The van der Waals surface area contributed by atoms with E-state index in [9.17, 15) is 5.11 Å². The summed E-state index contributed by atoms with van der Waals surface area (Å²) in [7, 11) is -0.933. The average Bonchev–Trinajstić information content (AvgIpc) is 2.52. The third-order valence-electron chi connectivity index (χ3n) is 3.39. The first-order valence-corrected chi connectivity index (χ1v) is 8.99. The molecule has 1 N–H and O–H groups in total. The molecule has 0 aromatic carbocycles. The van der Waals surface area contributed by atoms with Crippen molar-refractivity contribution >= 4 is 8.07 Å². The maximum absolute atomic E-state index is 9.27. The second-order valence-corrected chi connectivity index (χ2v) is 11.6. The highest BCUT2D eigenvalue weighted by Gasteiger charge is 2.59. The third kappa shape index (κ3) is 1.83. The number of hydrogen-bond acceptors (Lipinski definition) is 2. The van der Waals surface area contributed by atoms with Crippen LogP contribution in [0.2, 0.25) is 19.6 Å². The molecule has 1 aliphatic heterocycles. The van der Waals surface area contributed by atoms with Crippen LogP contribution in [0.3, 0.4) is 0 Å². The van der Waals surface area contributed by atoms with Gasteiger partial charge in [0.1, 0.15) is 0 Å². The Bertz CT molecular complexity index is 209. The van der Waals surface area contributed by atoms with Crippen LogP contribution in [-0.4, -0.2) is 43.9 Å². The molecule has 2 nitrogen and oxygen atoms in total. The lowest BCUT2D eigenvalue weighted by molar-refractivity contribution is 0.193. The van der Waals surface area contributed by atoms with Crippen LogP contribution >= 0.6 is 0 Å². The van der Waals surface area contributed by atoms with Gasteiger partial charge in [0, 0.05) is 18.5 Å². The van der Waals surface area contributed by atoms with Crippen molar-refractivity contribution in [3.05, 3.63) is 0 Å². The molecule has 76 valence electrons. The normalized spacial score (nSPS) is 39.2. The zero-order valence-corrected chi connectivity index (χ0v) is 10.0. The molecule has 2 aliphatic rings. The summed E-state index contributed by atoms with van der Waals surface area (Å²) in [5.74, 6) is 0.828. The van der Waals surface area contributed by atoms with Gasteiger partial charge in [-0.05, 0) is 18.5 Å². The Morgan fingerprint density at radius 3 is 2.62 bits per heavy atom. The number of piperidine rings is 1. The van der Waals surface area contributed by atoms with Gasteiger partial charge >= 0.3 is 0 Å².